The summed E-state index contributed by atoms with van der Waals surface area (Å²) >= 11 is 0. The Morgan fingerprint density at radius 2 is 2.12 bits per heavy atom. The number of piperidine rings is 1. The molecule has 0 amide bonds. The van der Waals surface area contributed by atoms with Crippen LogP contribution < -0.4 is 10.1 Å². The number of hydrogen-bond donors (Lipinski definition) is 1. The molecular weight excluding hydrogens is 325 g/mol. The molecule has 1 saturated heterocycles. The van der Waals surface area contributed by atoms with Gasteiger partial charge in [0, 0.05) is 12.3 Å². The van der Waals surface area contributed by atoms with Crippen LogP contribution >= 0.6 is 0 Å². The fourth-order valence-electron chi connectivity index (χ4n) is 2.91. The van der Waals surface area contributed by atoms with E-state index in [0.29, 0.717) is 11.7 Å². The van der Waals surface area contributed by atoms with Crippen molar-refractivity contribution in [1.82, 2.24) is 35.3 Å². The van der Waals surface area contributed by atoms with Crippen LogP contribution in [0.4, 0.5) is 4.39 Å². The van der Waals surface area contributed by atoms with Crippen LogP contribution in [0.25, 0.3) is 5.69 Å². The van der Waals surface area contributed by atoms with E-state index in [1.54, 1.807) is 12.1 Å². The molecule has 0 bridgehead atoms. The predicted molar refractivity (Wildman–Crippen MR) is 86.8 cm³/mol. The van der Waals surface area contributed by atoms with Crippen molar-refractivity contribution in [3.63, 3.8) is 0 Å². The Kier molecular flexibility index (Phi) is 4.38. The summed E-state index contributed by atoms with van der Waals surface area (Å²) in [6, 6.07) is 6.93. The molecule has 9 heteroatoms. The van der Waals surface area contributed by atoms with E-state index in [9.17, 15) is 4.39 Å². The van der Waals surface area contributed by atoms with E-state index in [4.69, 9.17) is 4.74 Å². The number of rotatable bonds is 5. The van der Waals surface area contributed by atoms with Gasteiger partial charge in [-0.2, -0.15) is 5.10 Å². The standard InChI is InChI=1S/C16H18FN7O/c17-15-9-14(24-11-19-21-22-24)1-2-16(15)25-10-12-5-8-23(20-12)13-3-6-18-7-4-13/h1-2,5,8-9,11,13,18H,3-4,6-7,10H2. The second kappa shape index (κ2) is 6.98. The van der Waals surface area contributed by atoms with Crippen LogP contribution in [0.5, 0.6) is 5.75 Å². The van der Waals surface area contributed by atoms with Crippen molar-refractivity contribution in [3.8, 4) is 11.4 Å². The highest BCUT2D eigenvalue weighted by Gasteiger charge is 2.16. The number of ether oxygens (including phenoxy) is 1. The topological polar surface area (TPSA) is 82.7 Å². The van der Waals surface area contributed by atoms with Gasteiger partial charge in [-0.05, 0) is 54.6 Å². The van der Waals surface area contributed by atoms with E-state index in [2.05, 4.69) is 25.9 Å². The van der Waals surface area contributed by atoms with E-state index < -0.39 is 5.82 Å². The maximum absolute atomic E-state index is 14.2. The Bertz CT molecular complexity index is 827. The van der Waals surface area contributed by atoms with Crippen LogP contribution in [0.2, 0.25) is 0 Å². The molecule has 3 aromatic rings. The highest BCUT2D eigenvalue weighted by Crippen LogP contribution is 2.22. The third-order valence-corrected chi connectivity index (χ3v) is 4.25. The third kappa shape index (κ3) is 3.50. The molecule has 1 fully saturated rings. The van der Waals surface area contributed by atoms with Gasteiger partial charge in [0.05, 0.1) is 17.4 Å². The van der Waals surface area contributed by atoms with Gasteiger partial charge in [0.1, 0.15) is 12.9 Å². The average Bonchev–Trinajstić information content (AvgIpc) is 3.33. The summed E-state index contributed by atoms with van der Waals surface area (Å²) in [6.07, 6.45) is 5.50. The summed E-state index contributed by atoms with van der Waals surface area (Å²) in [7, 11) is 0. The molecule has 1 aliphatic rings. The number of halogens is 1. The van der Waals surface area contributed by atoms with E-state index in [1.807, 2.05) is 16.9 Å². The fraction of sp³-hybridized carbons (Fsp3) is 0.375. The number of tetrazole rings is 1. The van der Waals surface area contributed by atoms with Crippen LogP contribution in [0.15, 0.2) is 36.8 Å². The summed E-state index contributed by atoms with van der Waals surface area (Å²) in [4.78, 5) is 0. The molecule has 130 valence electrons. The van der Waals surface area contributed by atoms with Crippen LogP contribution in [0.3, 0.4) is 0 Å². The molecule has 2 aromatic heterocycles. The van der Waals surface area contributed by atoms with Crippen LogP contribution in [0.1, 0.15) is 24.6 Å². The summed E-state index contributed by atoms with van der Waals surface area (Å²) in [6.45, 7) is 2.24. The van der Waals surface area contributed by atoms with Gasteiger partial charge in [-0.15, -0.1) is 5.10 Å². The van der Waals surface area contributed by atoms with Crippen molar-refractivity contribution in [2.45, 2.75) is 25.5 Å². The minimum absolute atomic E-state index is 0.174. The molecule has 0 atom stereocenters. The molecule has 0 radical (unpaired) electrons. The number of hydrogen-bond acceptors (Lipinski definition) is 6. The summed E-state index contributed by atoms with van der Waals surface area (Å²) < 4.78 is 23.1. The monoisotopic (exact) mass is 343 g/mol. The van der Waals surface area contributed by atoms with Gasteiger partial charge in [0.2, 0.25) is 0 Å². The van der Waals surface area contributed by atoms with E-state index in [0.717, 1.165) is 31.6 Å². The zero-order chi connectivity index (χ0) is 17.1. The van der Waals surface area contributed by atoms with Gasteiger partial charge in [-0.1, -0.05) is 0 Å². The lowest BCUT2D eigenvalue weighted by Crippen LogP contribution is -2.29. The van der Waals surface area contributed by atoms with E-state index in [-0.39, 0.29) is 12.4 Å². The smallest absolute Gasteiger partial charge is 0.167 e. The van der Waals surface area contributed by atoms with Gasteiger partial charge in [0.15, 0.2) is 11.6 Å². The summed E-state index contributed by atoms with van der Waals surface area (Å²) in [5.41, 5.74) is 1.31. The second-order valence-corrected chi connectivity index (χ2v) is 5.93. The first-order valence-electron chi connectivity index (χ1n) is 8.20. The lowest BCUT2D eigenvalue weighted by molar-refractivity contribution is 0.280. The first-order chi connectivity index (χ1) is 12.3. The van der Waals surface area contributed by atoms with Crippen molar-refractivity contribution < 1.29 is 9.13 Å². The summed E-state index contributed by atoms with van der Waals surface area (Å²) in [5, 5.41) is 18.7. The second-order valence-electron chi connectivity index (χ2n) is 5.93. The Morgan fingerprint density at radius 1 is 1.24 bits per heavy atom. The molecule has 25 heavy (non-hydrogen) atoms. The third-order valence-electron chi connectivity index (χ3n) is 4.25. The Hall–Kier alpha value is -2.81. The molecule has 0 saturated carbocycles. The van der Waals surface area contributed by atoms with Crippen molar-refractivity contribution >= 4 is 0 Å². The Labute approximate surface area is 143 Å². The molecule has 3 heterocycles. The highest BCUT2D eigenvalue weighted by atomic mass is 19.1. The molecule has 0 unspecified atom stereocenters. The van der Waals surface area contributed by atoms with Gasteiger partial charge in [-0.3, -0.25) is 4.68 Å². The molecule has 8 nitrogen and oxygen atoms in total. The molecule has 1 aliphatic heterocycles. The van der Waals surface area contributed by atoms with Crippen LogP contribution in [0, 0.1) is 5.82 Å². The van der Waals surface area contributed by atoms with Crippen molar-refractivity contribution in [1.29, 1.82) is 0 Å². The Balaban J connectivity index is 1.40. The SMILES string of the molecule is Fc1cc(-n2cnnn2)ccc1OCc1ccn(C2CCNCC2)n1. The molecule has 1 N–H and O–H groups in total. The number of nitrogens with one attached hydrogen (secondary N) is 1. The fourth-order valence-corrected chi connectivity index (χ4v) is 2.91. The zero-order valence-electron chi connectivity index (χ0n) is 13.5. The van der Waals surface area contributed by atoms with Crippen molar-refractivity contribution in [2.24, 2.45) is 0 Å². The predicted octanol–water partition coefficient (Wildman–Crippen LogP) is 1.50. The van der Waals surface area contributed by atoms with Crippen molar-refractivity contribution in [3.05, 3.63) is 48.3 Å². The Morgan fingerprint density at radius 3 is 2.88 bits per heavy atom. The molecular formula is C16H18FN7O. The normalized spacial score (nSPS) is 15.4. The zero-order valence-corrected chi connectivity index (χ0v) is 13.5. The highest BCUT2D eigenvalue weighted by molar-refractivity contribution is 5.37. The maximum atomic E-state index is 14.2. The van der Waals surface area contributed by atoms with Crippen LogP contribution in [-0.4, -0.2) is 43.1 Å². The minimum Gasteiger partial charge on any atom is -0.484 e. The molecule has 4 rings (SSSR count). The van der Waals surface area contributed by atoms with Gasteiger partial charge >= 0.3 is 0 Å². The number of nitrogens with zero attached hydrogens (tertiary/aromatic N) is 6. The van der Waals surface area contributed by atoms with Gasteiger partial charge in [-0.25, -0.2) is 9.07 Å². The van der Waals surface area contributed by atoms with E-state index >= 15 is 0 Å². The lowest BCUT2D eigenvalue weighted by atomic mass is 10.1. The van der Waals surface area contributed by atoms with Gasteiger partial charge in [0.25, 0.3) is 0 Å². The average molecular weight is 343 g/mol. The minimum atomic E-state index is -0.467. The quantitative estimate of drug-likeness (QED) is 0.756. The molecule has 0 spiro atoms. The van der Waals surface area contributed by atoms with Crippen molar-refractivity contribution in [2.75, 3.05) is 13.1 Å². The largest absolute Gasteiger partial charge is 0.484 e. The molecule has 1 aromatic carbocycles. The van der Waals surface area contributed by atoms with Gasteiger partial charge < -0.3 is 10.1 Å². The summed E-state index contributed by atoms with van der Waals surface area (Å²) in [5.74, 6) is -0.293. The number of benzene rings is 1. The van der Waals surface area contributed by atoms with E-state index in [1.165, 1.54) is 17.1 Å². The van der Waals surface area contributed by atoms with Crippen LogP contribution in [-0.2, 0) is 6.61 Å². The number of aromatic nitrogens is 6. The molecule has 0 aliphatic carbocycles. The first kappa shape index (κ1) is 15.7. The maximum Gasteiger partial charge on any atom is 0.167 e. The lowest BCUT2D eigenvalue weighted by Gasteiger charge is -2.22. The first-order valence-corrected chi connectivity index (χ1v) is 8.20.